The van der Waals surface area contributed by atoms with Crippen molar-refractivity contribution in [3.63, 3.8) is 0 Å². The van der Waals surface area contributed by atoms with Crippen molar-refractivity contribution in [1.29, 1.82) is 0 Å². The number of nitrogens with zero attached hydrogens (tertiary/aromatic N) is 14. The number of aromatic nitrogens is 7. The number of carbonyl (C=O) groups excluding carboxylic acids is 2. The van der Waals surface area contributed by atoms with Gasteiger partial charge in [0.25, 0.3) is 0 Å². The number of amides is 3. The molecule has 5 heterocycles. The van der Waals surface area contributed by atoms with Crippen LogP contribution in [0, 0.1) is 0 Å². The van der Waals surface area contributed by atoms with Crippen LogP contribution in [0.1, 0.15) is 140 Å². The van der Waals surface area contributed by atoms with E-state index >= 15 is 0 Å². The number of unbranched alkanes of at least 4 members (excludes halogenated alkanes) is 9. The number of hydrogen-bond donors (Lipinski definition) is 13. The molecule has 2 fully saturated rings. The van der Waals surface area contributed by atoms with E-state index in [1.807, 2.05) is 43.9 Å². The van der Waals surface area contributed by atoms with Crippen LogP contribution < -0.4 is 31.5 Å². The van der Waals surface area contributed by atoms with E-state index < -0.39 is 78.3 Å². The first-order chi connectivity index (χ1) is 51.8. The van der Waals surface area contributed by atoms with Gasteiger partial charge in [-0.25, -0.2) is 29.1 Å². The molecular formula is C71H111N19O18. The topological polar surface area (TPSA) is 490 Å². The number of urea groups is 1. The number of anilines is 4. The van der Waals surface area contributed by atoms with Crippen LogP contribution in [0.5, 0.6) is 0 Å². The lowest BCUT2D eigenvalue weighted by Gasteiger charge is -2.37. The summed E-state index contributed by atoms with van der Waals surface area (Å²) < 4.78 is 3.02. The highest BCUT2D eigenvalue weighted by molar-refractivity contribution is 5.86. The van der Waals surface area contributed by atoms with Gasteiger partial charge in [0.2, 0.25) is 23.8 Å². The minimum atomic E-state index is -1.51. The van der Waals surface area contributed by atoms with Crippen LogP contribution in [0.3, 0.4) is 0 Å². The van der Waals surface area contributed by atoms with Gasteiger partial charge in [-0.2, -0.15) is 15.0 Å². The first-order valence-corrected chi connectivity index (χ1v) is 37.4. The molecule has 1 aromatic carbocycles. The Balaban J connectivity index is 1.04. The predicted octanol–water partition coefficient (Wildman–Crippen LogP) is 3.25. The van der Waals surface area contributed by atoms with Gasteiger partial charge in [0.15, 0.2) is 0 Å². The minimum absolute atomic E-state index is 0.0272. The molecule has 0 saturated carbocycles. The summed E-state index contributed by atoms with van der Waals surface area (Å²) in [6, 6.07) is 2.19. The number of piperazine rings is 1. The minimum Gasteiger partial charge on any atom is -0.481 e. The van der Waals surface area contributed by atoms with Gasteiger partial charge in [0, 0.05) is 128 Å². The number of carboxylic acid groups (broad SMARTS) is 8. The van der Waals surface area contributed by atoms with Gasteiger partial charge in [-0.1, -0.05) is 64.5 Å². The molecule has 0 spiro atoms. The number of likely N-dealkylation sites (N-methyl/N-ethyl adjacent to an activating group) is 2. The molecule has 4 aromatic rings. The number of imidazole rings is 2. The zero-order chi connectivity index (χ0) is 78.3. The Hall–Kier alpha value is -9.69. The summed E-state index contributed by atoms with van der Waals surface area (Å²) in [5.74, 6) is -7.87. The lowest BCUT2D eigenvalue weighted by atomic mass is 10.0. The van der Waals surface area contributed by atoms with Crippen LogP contribution in [0.15, 0.2) is 49.1 Å². The molecule has 4 atom stereocenters. The van der Waals surface area contributed by atoms with Gasteiger partial charge in [0.1, 0.15) is 42.9 Å². The number of hydrogen-bond acceptors (Lipinski definition) is 24. The zero-order valence-corrected chi connectivity index (χ0v) is 62.1. The molecule has 108 heavy (non-hydrogen) atoms. The van der Waals surface area contributed by atoms with Gasteiger partial charge >= 0.3 is 53.8 Å². The SMILES string of the molecule is CCN1CCN(CC)CCN(CC(=O)O)C(Cc2ccc(Nc3nc(N[C@@H](CCCCN(Cc4nccn4CC(=O)O)Cc4nccn4CC(=O)O)C(=O)O)nc(N4CCN(CCCCCCCCCCC(=O)NCCCC[C@H](NC(=O)N[C@@H](CCC(=O)O)C(=O)O)C(=O)O)CC4)n3)cc2)CN(CC(=O)O)CC1. The molecule has 13 N–H and O–H groups in total. The summed E-state index contributed by atoms with van der Waals surface area (Å²) in [6.07, 6.45) is 15.7. The third-order valence-electron chi connectivity index (χ3n) is 19.2. The molecule has 598 valence electrons. The van der Waals surface area contributed by atoms with Crippen molar-refractivity contribution in [2.45, 2.75) is 180 Å². The summed E-state index contributed by atoms with van der Waals surface area (Å²) in [7, 11) is 0. The first-order valence-electron chi connectivity index (χ1n) is 37.4. The Bertz CT molecular complexity index is 3430. The Morgan fingerprint density at radius 2 is 1.01 bits per heavy atom. The molecule has 2 aliphatic heterocycles. The molecule has 6 rings (SSSR count). The standard InChI is InChI=1S/C71H111N19O18/c1-3-82-33-34-83(4-2)37-42-88(48-62(96)97)53(44-86(36-35-82)47-61(94)95)43-51-20-22-52(23-21-51)75-68-79-69(76-54(65(102)103)18-13-16-30-85(45-57-72-27-31-89(57)49-63(98)99)46-58-73-28-32-90(58)50-64(100)101)81-70(80-68)87-40-38-84(39-41-87)29-15-10-8-6-5-7-9-11-19-59(91)74-26-14-12-17-55(66(104)105)77-71(108)78-56(67(106)107)24-25-60(92)93/h20-23,27-28,31-32,53-56H,3-19,24-26,29-30,33-50H2,1-2H3,(H,74,91)(H,92,93)(H,94,95)(H,96,97)(H,98,99)(H,100,101)(H,102,103)(H,104,105)(H,106,107)(H2,77,78,108)(H2,75,76,79,80,81)/t53?,54-,55-,56-/m0/s1. The average Bonchev–Trinajstić information content (AvgIpc) is 1.18. The summed E-state index contributed by atoms with van der Waals surface area (Å²) in [4.78, 5) is 158. The molecule has 37 nitrogen and oxygen atoms in total. The fraction of sp³-hybridized carbons (Fsp3) is 0.648. The van der Waals surface area contributed by atoms with Crippen molar-refractivity contribution in [3.8, 4) is 0 Å². The van der Waals surface area contributed by atoms with Crippen LogP contribution in [0.25, 0.3) is 0 Å². The lowest BCUT2D eigenvalue weighted by Crippen LogP contribution is -2.52. The maximum absolute atomic E-state index is 13.1. The van der Waals surface area contributed by atoms with E-state index in [-0.39, 0.29) is 82.4 Å². The third-order valence-corrected chi connectivity index (χ3v) is 19.2. The van der Waals surface area contributed by atoms with Crippen molar-refractivity contribution in [2.24, 2.45) is 0 Å². The summed E-state index contributed by atoms with van der Waals surface area (Å²) in [5, 5.41) is 91.2. The van der Waals surface area contributed by atoms with E-state index in [4.69, 9.17) is 20.1 Å². The second-order valence-electron chi connectivity index (χ2n) is 27.4. The molecule has 0 bridgehead atoms. The molecule has 1 unspecified atom stereocenters. The number of benzene rings is 1. The molecule has 3 amide bonds. The largest absolute Gasteiger partial charge is 0.481 e. The normalized spacial score (nSPS) is 16.1. The van der Waals surface area contributed by atoms with Crippen molar-refractivity contribution in [1.82, 2.24) is 79.4 Å². The molecule has 0 radical (unpaired) electrons. The van der Waals surface area contributed by atoms with E-state index in [2.05, 4.69) is 65.1 Å². The Kier molecular flexibility index (Phi) is 38.1. The molecule has 2 saturated heterocycles. The molecule has 0 aliphatic carbocycles. The number of carboxylic acids is 8. The van der Waals surface area contributed by atoms with E-state index in [0.29, 0.717) is 121 Å². The first kappa shape index (κ1) is 87.2. The van der Waals surface area contributed by atoms with Crippen LogP contribution in [-0.4, -0.2) is 306 Å². The number of nitrogens with one attached hydrogen (secondary N) is 5. The van der Waals surface area contributed by atoms with Gasteiger partial charge in [-0.3, -0.25) is 48.4 Å². The maximum Gasteiger partial charge on any atom is 0.326 e. The van der Waals surface area contributed by atoms with Crippen molar-refractivity contribution < 1.29 is 88.8 Å². The number of carbonyl (C=O) groups is 10. The molecule has 37 heteroatoms. The van der Waals surface area contributed by atoms with Crippen molar-refractivity contribution >= 4 is 83.2 Å². The summed E-state index contributed by atoms with van der Waals surface area (Å²) in [6.45, 7) is 13.5. The Morgan fingerprint density at radius 1 is 0.500 bits per heavy atom. The Labute approximate surface area is 628 Å². The van der Waals surface area contributed by atoms with E-state index in [0.717, 1.165) is 103 Å². The second kappa shape index (κ2) is 47.2. The highest BCUT2D eigenvalue weighted by Crippen LogP contribution is 2.24. The summed E-state index contributed by atoms with van der Waals surface area (Å²) >= 11 is 0. The van der Waals surface area contributed by atoms with Gasteiger partial charge < -0.3 is 91.3 Å². The molecular weight excluding hydrogens is 1410 g/mol. The van der Waals surface area contributed by atoms with Crippen molar-refractivity contribution in [3.05, 3.63) is 66.3 Å². The van der Waals surface area contributed by atoms with Gasteiger partial charge in [0.05, 0.1) is 26.2 Å². The van der Waals surface area contributed by atoms with E-state index in [9.17, 15) is 83.7 Å². The third kappa shape index (κ3) is 33.2. The highest BCUT2D eigenvalue weighted by atomic mass is 16.4. The van der Waals surface area contributed by atoms with Crippen LogP contribution in [-0.2, 0) is 75.8 Å². The highest BCUT2D eigenvalue weighted by Gasteiger charge is 2.30. The van der Waals surface area contributed by atoms with Crippen LogP contribution in [0.2, 0.25) is 0 Å². The predicted molar refractivity (Wildman–Crippen MR) is 396 cm³/mol. The van der Waals surface area contributed by atoms with E-state index in [1.54, 1.807) is 12.4 Å². The van der Waals surface area contributed by atoms with Crippen molar-refractivity contribution in [2.75, 3.05) is 133 Å². The second-order valence-corrected chi connectivity index (χ2v) is 27.4. The lowest BCUT2D eigenvalue weighted by molar-refractivity contribution is -0.141. The Morgan fingerprint density at radius 3 is 1.56 bits per heavy atom. The average molecular weight is 1520 g/mol. The van der Waals surface area contributed by atoms with E-state index in [1.165, 1.54) is 21.5 Å². The monoisotopic (exact) mass is 1520 g/mol. The van der Waals surface area contributed by atoms with Gasteiger partial charge in [-0.05, 0) is 108 Å². The fourth-order valence-corrected chi connectivity index (χ4v) is 13.1. The molecule has 3 aromatic heterocycles. The van der Waals surface area contributed by atoms with Crippen LogP contribution in [0.4, 0.5) is 28.3 Å². The number of rotatable bonds is 50. The molecule has 2 aliphatic rings. The zero-order valence-electron chi connectivity index (χ0n) is 62.1. The summed E-state index contributed by atoms with van der Waals surface area (Å²) in [5.41, 5.74) is 1.49. The maximum atomic E-state index is 13.1. The van der Waals surface area contributed by atoms with Crippen LogP contribution >= 0.6 is 0 Å². The smallest absolute Gasteiger partial charge is 0.326 e. The van der Waals surface area contributed by atoms with Gasteiger partial charge in [-0.15, -0.1) is 0 Å². The quantitative estimate of drug-likeness (QED) is 0.0282. The fourth-order valence-electron chi connectivity index (χ4n) is 13.1. The number of aliphatic carboxylic acids is 8.